The molecule has 1 amide bonds. The predicted octanol–water partition coefficient (Wildman–Crippen LogP) is 4.46. The van der Waals surface area contributed by atoms with E-state index in [1.807, 2.05) is 25.1 Å². The fraction of sp³-hybridized carbons (Fsp3) is 0.759. The van der Waals surface area contributed by atoms with Gasteiger partial charge in [-0.1, -0.05) is 39.8 Å². The summed E-state index contributed by atoms with van der Waals surface area (Å²) >= 11 is 0. The fourth-order valence-corrected chi connectivity index (χ4v) is 7.45. The van der Waals surface area contributed by atoms with Crippen molar-refractivity contribution in [3.05, 3.63) is 24.3 Å². The molecular weight excluding hydrogens is 438 g/mol. The molecule has 0 spiro atoms. The average Bonchev–Trinajstić information content (AvgIpc) is 3.02. The molecule has 4 unspecified atom stereocenters. The SMILES string of the molecule is COc1ccccc1N1CCN(C(=O)CCC23CCC(C)(O)CC2C(C)(C)CC3NC(C)C)CC1. The minimum Gasteiger partial charge on any atom is -0.495 e. The van der Waals surface area contributed by atoms with Crippen molar-refractivity contribution in [2.75, 3.05) is 38.2 Å². The number of carbonyl (C=O) groups excluding carboxylic acids is 1. The van der Waals surface area contributed by atoms with E-state index in [1.165, 1.54) is 0 Å². The zero-order valence-electron chi connectivity index (χ0n) is 22.8. The number of methoxy groups -OCH3 is 1. The second kappa shape index (κ2) is 9.93. The molecule has 1 heterocycles. The van der Waals surface area contributed by atoms with Crippen molar-refractivity contribution in [1.82, 2.24) is 10.2 Å². The fourth-order valence-electron chi connectivity index (χ4n) is 7.45. The lowest BCUT2D eigenvalue weighted by molar-refractivity contribution is -0.133. The summed E-state index contributed by atoms with van der Waals surface area (Å²) in [5.74, 6) is 1.59. The Bertz CT molecular complexity index is 891. The number of rotatable bonds is 7. The molecule has 2 N–H and O–H groups in total. The van der Waals surface area contributed by atoms with E-state index < -0.39 is 5.60 Å². The van der Waals surface area contributed by atoms with Crippen molar-refractivity contribution in [2.24, 2.45) is 16.7 Å². The van der Waals surface area contributed by atoms with Gasteiger partial charge in [0.15, 0.2) is 0 Å². The normalized spacial score (nSPS) is 32.6. The average molecular weight is 486 g/mol. The summed E-state index contributed by atoms with van der Waals surface area (Å²) in [6.07, 6.45) is 5.27. The Morgan fingerprint density at radius 1 is 1.11 bits per heavy atom. The van der Waals surface area contributed by atoms with Crippen LogP contribution in [0, 0.1) is 16.7 Å². The van der Waals surface area contributed by atoms with E-state index in [4.69, 9.17) is 4.74 Å². The van der Waals surface area contributed by atoms with Crippen LogP contribution < -0.4 is 15.0 Å². The van der Waals surface area contributed by atoms with Gasteiger partial charge in [-0.15, -0.1) is 0 Å². The Morgan fingerprint density at radius 3 is 2.46 bits per heavy atom. The van der Waals surface area contributed by atoms with Crippen molar-refractivity contribution >= 4 is 11.6 Å². The van der Waals surface area contributed by atoms with Crippen LogP contribution in [0.3, 0.4) is 0 Å². The maximum Gasteiger partial charge on any atom is 0.222 e. The van der Waals surface area contributed by atoms with Gasteiger partial charge in [-0.25, -0.2) is 0 Å². The zero-order chi connectivity index (χ0) is 25.4. The van der Waals surface area contributed by atoms with Gasteiger partial charge in [0.05, 0.1) is 18.4 Å². The van der Waals surface area contributed by atoms with Crippen molar-refractivity contribution in [1.29, 1.82) is 0 Å². The molecule has 0 aromatic heterocycles. The van der Waals surface area contributed by atoms with Crippen molar-refractivity contribution in [3.8, 4) is 5.75 Å². The molecule has 3 aliphatic rings. The summed E-state index contributed by atoms with van der Waals surface area (Å²) in [6, 6.07) is 8.93. The second-order valence-electron chi connectivity index (χ2n) is 12.6. The van der Waals surface area contributed by atoms with Crippen molar-refractivity contribution in [2.45, 2.75) is 90.8 Å². The Hall–Kier alpha value is -1.79. The Balaban J connectivity index is 1.43. The first-order valence-corrected chi connectivity index (χ1v) is 13.6. The van der Waals surface area contributed by atoms with Gasteiger partial charge in [-0.2, -0.15) is 0 Å². The molecule has 35 heavy (non-hydrogen) atoms. The van der Waals surface area contributed by atoms with Crippen LogP contribution in [0.2, 0.25) is 0 Å². The van der Waals surface area contributed by atoms with Gasteiger partial charge in [0, 0.05) is 44.7 Å². The van der Waals surface area contributed by atoms with Crippen LogP contribution in [0.1, 0.15) is 73.1 Å². The third-order valence-corrected chi connectivity index (χ3v) is 9.23. The maximum absolute atomic E-state index is 13.4. The summed E-state index contributed by atoms with van der Waals surface area (Å²) in [5, 5.41) is 14.8. The molecule has 1 aliphatic heterocycles. The predicted molar refractivity (Wildman–Crippen MR) is 142 cm³/mol. The number of nitrogens with zero attached hydrogens (tertiary/aromatic N) is 2. The van der Waals surface area contributed by atoms with Crippen LogP contribution in [0.4, 0.5) is 5.69 Å². The third kappa shape index (κ3) is 5.34. The van der Waals surface area contributed by atoms with Gasteiger partial charge < -0.3 is 25.0 Å². The van der Waals surface area contributed by atoms with Crippen LogP contribution in [0.25, 0.3) is 0 Å². The van der Waals surface area contributed by atoms with E-state index in [0.29, 0.717) is 24.4 Å². The molecule has 6 nitrogen and oxygen atoms in total. The van der Waals surface area contributed by atoms with Gasteiger partial charge >= 0.3 is 0 Å². The number of carbonyl (C=O) groups is 1. The third-order valence-electron chi connectivity index (χ3n) is 9.23. The molecular formula is C29H47N3O3. The molecule has 196 valence electrons. The number of amides is 1. The number of hydrogen-bond acceptors (Lipinski definition) is 5. The summed E-state index contributed by atoms with van der Waals surface area (Å²) in [5.41, 5.74) is 0.733. The van der Waals surface area contributed by atoms with Crippen LogP contribution in [-0.2, 0) is 4.79 Å². The van der Waals surface area contributed by atoms with Crippen molar-refractivity contribution < 1.29 is 14.6 Å². The number of ether oxygens (including phenoxy) is 1. The number of piperazine rings is 1. The van der Waals surface area contributed by atoms with E-state index in [1.54, 1.807) is 7.11 Å². The van der Waals surface area contributed by atoms with Gasteiger partial charge in [0.25, 0.3) is 0 Å². The topological polar surface area (TPSA) is 65.0 Å². The van der Waals surface area contributed by atoms with Crippen molar-refractivity contribution in [3.63, 3.8) is 0 Å². The van der Waals surface area contributed by atoms with Gasteiger partial charge in [-0.05, 0) is 67.9 Å². The molecule has 4 atom stereocenters. The Morgan fingerprint density at radius 2 is 1.80 bits per heavy atom. The van der Waals surface area contributed by atoms with E-state index in [2.05, 4.69) is 48.9 Å². The Labute approximate surface area is 212 Å². The maximum atomic E-state index is 13.4. The standard InChI is InChI=1S/C29H47N3O3/c1-21(2)30-25-20-27(3,4)24-19-28(5,34)13-14-29(24,25)12-11-26(33)32-17-15-31(16-18-32)22-9-7-8-10-23(22)35-6/h7-10,21,24-25,30,34H,11-20H2,1-6H3. The van der Waals surface area contributed by atoms with Crippen LogP contribution in [-0.4, -0.2) is 66.9 Å². The highest BCUT2D eigenvalue weighted by Crippen LogP contribution is 2.64. The van der Waals surface area contributed by atoms with E-state index in [9.17, 15) is 9.90 Å². The molecule has 0 radical (unpaired) electrons. The first kappa shape index (κ1) is 26.3. The van der Waals surface area contributed by atoms with Gasteiger partial charge in [0.2, 0.25) is 5.91 Å². The smallest absolute Gasteiger partial charge is 0.222 e. The lowest BCUT2D eigenvalue weighted by Gasteiger charge is -2.51. The lowest BCUT2D eigenvalue weighted by atomic mass is 9.57. The lowest BCUT2D eigenvalue weighted by Crippen LogP contribution is -2.53. The molecule has 4 rings (SSSR count). The first-order chi connectivity index (χ1) is 16.5. The number of anilines is 1. The Kier molecular flexibility index (Phi) is 7.46. The zero-order valence-corrected chi connectivity index (χ0v) is 22.8. The molecule has 3 fully saturated rings. The quantitative estimate of drug-likeness (QED) is 0.597. The first-order valence-electron chi connectivity index (χ1n) is 13.6. The molecule has 6 heteroatoms. The highest BCUT2D eigenvalue weighted by molar-refractivity contribution is 5.76. The highest BCUT2D eigenvalue weighted by atomic mass is 16.5. The van der Waals surface area contributed by atoms with E-state index >= 15 is 0 Å². The molecule has 2 saturated carbocycles. The van der Waals surface area contributed by atoms with E-state index in [0.717, 1.165) is 69.7 Å². The summed E-state index contributed by atoms with van der Waals surface area (Å²) in [7, 11) is 1.71. The van der Waals surface area contributed by atoms with E-state index in [-0.39, 0.29) is 16.7 Å². The monoisotopic (exact) mass is 485 g/mol. The number of benzene rings is 1. The van der Waals surface area contributed by atoms with Crippen LogP contribution in [0.5, 0.6) is 5.75 Å². The number of fused-ring (bicyclic) bond motifs is 1. The number of para-hydroxylation sites is 2. The minimum atomic E-state index is -0.600. The summed E-state index contributed by atoms with van der Waals surface area (Å²) in [6.45, 7) is 14.3. The molecule has 1 aromatic carbocycles. The summed E-state index contributed by atoms with van der Waals surface area (Å²) in [4.78, 5) is 17.8. The number of aliphatic hydroxyl groups is 1. The van der Waals surface area contributed by atoms with Crippen LogP contribution in [0.15, 0.2) is 24.3 Å². The minimum absolute atomic E-state index is 0.0743. The van der Waals surface area contributed by atoms with Gasteiger partial charge in [0.1, 0.15) is 5.75 Å². The molecule has 2 aliphatic carbocycles. The largest absolute Gasteiger partial charge is 0.495 e. The highest BCUT2D eigenvalue weighted by Gasteiger charge is 2.61. The van der Waals surface area contributed by atoms with Crippen LogP contribution >= 0.6 is 0 Å². The molecule has 0 bridgehead atoms. The number of hydrogen-bond donors (Lipinski definition) is 2. The molecule has 1 saturated heterocycles. The van der Waals surface area contributed by atoms with Gasteiger partial charge in [-0.3, -0.25) is 4.79 Å². The molecule has 1 aromatic rings. The summed E-state index contributed by atoms with van der Waals surface area (Å²) < 4.78 is 5.54. The second-order valence-corrected chi connectivity index (χ2v) is 12.6. The number of nitrogens with one attached hydrogen (secondary N) is 1.